The molecule has 0 heterocycles. The maximum absolute atomic E-state index is 11.6. The van der Waals surface area contributed by atoms with Crippen molar-refractivity contribution in [2.45, 2.75) is 25.7 Å². The van der Waals surface area contributed by atoms with Crippen LogP contribution in [0, 0.1) is 11.8 Å². The first-order valence-electron chi connectivity index (χ1n) is 5.75. The summed E-state index contributed by atoms with van der Waals surface area (Å²) in [5, 5.41) is 13.9. The minimum Gasteiger partial charge on any atom is -0.481 e. The molecule has 96 valence electrons. The van der Waals surface area contributed by atoms with Gasteiger partial charge in [0.2, 0.25) is 11.8 Å². The zero-order valence-corrected chi connectivity index (χ0v) is 9.86. The number of hydrogen-bond acceptors (Lipinski definition) is 3. The Hall–Kier alpha value is -1.59. The average molecular weight is 242 g/mol. The monoisotopic (exact) mass is 242 g/mol. The lowest BCUT2D eigenvalue weighted by molar-refractivity contribution is -0.141. The molecule has 1 saturated carbocycles. The lowest BCUT2D eigenvalue weighted by atomic mass is 10.0. The number of aliphatic carboxylic acids is 1. The van der Waals surface area contributed by atoms with Gasteiger partial charge in [-0.1, -0.05) is 0 Å². The van der Waals surface area contributed by atoms with Crippen LogP contribution in [-0.4, -0.2) is 36.5 Å². The summed E-state index contributed by atoms with van der Waals surface area (Å²) in [4.78, 5) is 33.3. The first kappa shape index (κ1) is 13.5. The normalized spacial score (nSPS) is 23.1. The minimum absolute atomic E-state index is 0.125. The Kier molecular flexibility index (Phi) is 4.93. The number of hydrogen-bond donors (Lipinski definition) is 3. The van der Waals surface area contributed by atoms with E-state index >= 15 is 0 Å². The molecule has 0 aromatic rings. The zero-order chi connectivity index (χ0) is 12.8. The highest BCUT2D eigenvalue weighted by molar-refractivity contribution is 5.81. The van der Waals surface area contributed by atoms with Gasteiger partial charge in [0.1, 0.15) is 0 Å². The molecule has 1 rings (SSSR count). The average Bonchev–Trinajstić information content (AvgIpc) is 2.78. The maximum atomic E-state index is 11.6. The molecule has 3 N–H and O–H groups in total. The first-order valence-corrected chi connectivity index (χ1v) is 5.75. The van der Waals surface area contributed by atoms with Gasteiger partial charge < -0.3 is 15.7 Å². The van der Waals surface area contributed by atoms with Crippen LogP contribution in [0.3, 0.4) is 0 Å². The quantitative estimate of drug-likeness (QED) is 0.619. The van der Waals surface area contributed by atoms with E-state index in [2.05, 4.69) is 10.6 Å². The van der Waals surface area contributed by atoms with E-state index in [9.17, 15) is 14.4 Å². The first-order chi connectivity index (χ1) is 8.04. The lowest BCUT2D eigenvalue weighted by Crippen LogP contribution is -2.33. The molecule has 2 atom stereocenters. The number of carbonyl (C=O) groups is 3. The molecule has 1 aliphatic rings. The fourth-order valence-corrected chi connectivity index (χ4v) is 2.01. The number of amides is 2. The summed E-state index contributed by atoms with van der Waals surface area (Å²) in [6.07, 6.45) is 1.82. The summed E-state index contributed by atoms with van der Waals surface area (Å²) in [6.45, 7) is 0.298. The third-order valence-corrected chi connectivity index (χ3v) is 3.08. The zero-order valence-electron chi connectivity index (χ0n) is 9.86. The predicted molar refractivity (Wildman–Crippen MR) is 60.2 cm³/mol. The smallest absolute Gasteiger partial charge is 0.306 e. The second-order valence-corrected chi connectivity index (χ2v) is 4.26. The fourth-order valence-electron chi connectivity index (χ4n) is 2.01. The fraction of sp³-hybridized carbons (Fsp3) is 0.727. The molecule has 0 bridgehead atoms. The van der Waals surface area contributed by atoms with Crippen molar-refractivity contribution in [2.75, 3.05) is 13.6 Å². The van der Waals surface area contributed by atoms with E-state index in [1.54, 1.807) is 7.05 Å². The van der Waals surface area contributed by atoms with E-state index in [1.165, 1.54) is 0 Å². The molecule has 0 saturated heterocycles. The van der Waals surface area contributed by atoms with Gasteiger partial charge in [-0.2, -0.15) is 0 Å². The van der Waals surface area contributed by atoms with Gasteiger partial charge in [0.25, 0.3) is 0 Å². The molecular formula is C11H18N2O4. The van der Waals surface area contributed by atoms with E-state index < -0.39 is 11.9 Å². The Labute approximate surface area is 99.8 Å². The minimum atomic E-state index is -0.828. The number of carbonyl (C=O) groups excluding carboxylic acids is 2. The van der Waals surface area contributed by atoms with Crippen LogP contribution in [0.5, 0.6) is 0 Å². The largest absolute Gasteiger partial charge is 0.481 e. The van der Waals surface area contributed by atoms with Gasteiger partial charge in [-0.05, 0) is 19.3 Å². The second kappa shape index (κ2) is 6.22. The van der Waals surface area contributed by atoms with Gasteiger partial charge in [-0.25, -0.2) is 0 Å². The number of carboxylic acids is 1. The van der Waals surface area contributed by atoms with Crippen LogP contribution in [0.4, 0.5) is 0 Å². The van der Waals surface area contributed by atoms with Gasteiger partial charge in [-0.3, -0.25) is 14.4 Å². The van der Waals surface area contributed by atoms with Gasteiger partial charge in [0.15, 0.2) is 0 Å². The summed E-state index contributed by atoms with van der Waals surface area (Å²) in [7, 11) is 1.54. The van der Waals surface area contributed by atoms with Gasteiger partial charge in [-0.15, -0.1) is 0 Å². The van der Waals surface area contributed by atoms with Crippen LogP contribution in [0.2, 0.25) is 0 Å². The maximum Gasteiger partial charge on any atom is 0.306 e. The Morgan fingerprint density at radius 2 is 1.88 bits per heavy atom. The van der Waals surface area contributed by atoms with Crippen molar-refractivity contribution in [2.24, 2.45) is 11.8 Å². The van der Waals surface area contributed by atoms with Crippen molar-refractivity contribution in [1.82, 2.24) is 10.6 Å². The highest BCUT2D eigenvalue weighted by Crippen LogP contribution is 2.30. The van der Waals surface area contributed by atoms with Crippen molar-refractivity contribution in [3.63, 3.8) is 0 Å². The molecule has 0 aromatic carbocycles. The summed E-state index contributed by atoms with van der Waals surface area (Å²) in [6, 6.07) is 0. The Morgan fingerprint density at radius 3 is 2.41 bits per heavy atom. The molecule has 17 heavy (non-hydrogen) atoms. The second-order valence-electron chi connectivity index (χ2n) is 4.26. The summed E-state index contributed by atoms with van der Waals surface area (Å²) >= 11 is 0. The molecule has 1 fully saturated rings. The number of nitrogens with one attached hydrogen (secondary N) is 2. The van der Waals surface area contributed by atoms with Crippen LogP contribution < -0.4 is 10.6 Å². The highest BCUT2D eigenvalue weighted by atomic mass is 16.4. The molecule has 0 aromatic heterocycles. The standard InChI is InChI=1S/C11H18N2O4/c1-12-9(14)4-5-13-10(15)7-2-3-8(6-7)11(16)17/h7-8H,2-6H2,1H3,(H,12,14)(H,13,15)(H,16,17)/t7-,8+/m1/s1. The van der Waals surface area contributed by atoms with Crippen LogP contribution in [0.15, 0.2) is 0 Å². The van der Waals surface area contributed by atoms with E-state index in [-0.39, 0.29) is 24.2 Å². The van der Waals surface area contributed by atoms with E-state index in [0.717, 1.165) is 0 Å². The highest BCUT2D eigenvalue weighted by Gasteiger charge is 2.33. The Bertz CT molecular complexity index is 317. The molecular weight excluding hydrogens is 224 g/mol. The third kappa shape index (κ3) is 4.05. The van der Waals surface area contributed by atoms with Gasteiger partial charge in [0, 0.05) is 25.9 Å². The van der Waals surface area contributed by atoms with Crippen LogP contribution in [-0.2, 0) is 14.4 Å². The summed E-state index contributed by atoms with van der Waals surface area (Å²) in [5.41, 5.74) is 0. The molecule has 6 nitrogen and oxygen atoms in total. The van der Waals surface area contributed by atoms with Crippen LogP contribution >= 0.6 is 0 Å². The van der Waals surface area contributed by atoms with Crippen molar-refractivity contribution in [3.8, 4) is 0 Å². The van der Waals surface area contributed by atoms with Crippen molar-refractivity contribution >= 4 is 17.8 Å². The van der Waals surface area contributed by atoms with E-state index in [0.29, 0.717) is 25.8 Å². The molecule has 0 radical (unpaired) electrons. The number of rotatable bonds is 5. The van der Waals surface area contributed by atoms with Crippen LogP contribution in [0.1, 0.15) is 25.7 Å². The SMILES string of the molecule is CNC(=O)CCNC(=O)[C@@H]1CC[C@H](C(=O)O)C1. The summed E-state index contributed by atoms with van der Waals surface area (Å²) in [5.74, 6) is -1.71. The molecule has 0 aliphatic heterocycles. The van der Waals surface area contributed by atoms with Crippen molar-refractivity contribution in [1.29, 1.82) is 0 Å². The van der Waals surface area contributed by atoms with E-state index in [4.69, 9.17) is 5.11 Å². The molecule has 6 heteroatoms. The van der Waals surface area contributed by atoms with Crippen molar-refractivity contribution in [3.05, 3.63) is 0 Å². The predicted octanol–water partition coefficient (Wildman–Crippen LogP) is -0.260. The lowest BCUT2D eigenvalue weighted by Gasteiger charge is -2.10. The number of carboxylic acid groups (broad SMARTS) is 1. The topological polar surface area (TPSA) is 95.5 Å². The molecule has 0 spiro atoms. The Morgan fingerprint density at radius 1 is 1.24 bits per heavy atom. The van der Waals surface area contributed by atoms with Gasteiger partial charge in [0.05, 0.1) is 5.92 Å². The van der Waals surface area contributed by atoms with Crippen molar-refractivity contribution < 1.29 is 19.5 Å². The molecule has 1 aliphatic carbocycles. The Balaban J connectivity index is 2.25. The van der Waals surface area contributed by atoms with E-state index in [1.807, 2.05) is 0 Å². The summed E-state index contributed by atoms with van der Waals surface area (Å²) < 4.78 is 0. The van der Waals surface area contributed by atoms with Gasteiger partial charge >= 0.3 is 5.97 Å². The molecule has 2 amide bonds. The third-order valence-electron chi connectivity index (χ3n) is 3.08. The molecule has 0 unspecified atom stereocenters. The van der Waals surface area contributed by atoms with Crippen LogP contribution in [0.25, 0.3) is 0 Å².